The summed E-state index contributed by atoms with van der Waals surface area (Å²) in [5.41, 5.74) is -0.133. The first-order chi connectivity index (χ1) is 8.15. The molecule has 0 aromatic heterocycles. The van der Waals surface area contributed by atoms with Gasteiger partial charge >= 0.3 is 0 Å². The monoisotopic (exact) mass is 293 g/mol. The van der Waals surface area contributed by atoms with Crippen LogP contribution in [0.25, 0.3) is 0 Å². The quantitative estimate of drug-likeness (QED) is 0.787. The van der Waals surface area contributed by atoms with Gasteiger partial charge in [-0.1, -0.05) is 6.92 Å². The van der Waals surface area contributed by atoms with E-state index in [1.54, 1.807) is 6.92 Å². The van der Waals surface area contributed by atoms with Gasteiger partial charge in [0.15, 0.2) is 9.84 Å². The van der Waals surface area contributed by atoms with E-state index < -0.39 is 19.9 Å². The van der Waals surface area contributed by atoms with E-state index in [1.165, 1.54) is 6.07 Å². The molecular weight excluding hydrogens is 278 g/mol. The third-order valence-corrected chi connectivity index (χ3v) is 4.72. The summed E-state index contributed by atoms with van der Waals surface area (Å²) in [5, 5.41) is 9.51. The van der Waals surface area contributed by atoms with Crippen molar-refractivity contribution in [2.24, 2.45) is 0 Å². The molecule has 1 rings (SSSR count). The third-order valence-electron chi connectivity index (χ3n) is 2.13. The highest BCUT2D eigenvalue weighted by Crippen LogP contribution is 2.27. The molecule has 0 saturated carbocycles. The fourth-order valence-corrected chi connectivity index (χ4v) is 3.10. The second-order valence-electron chi connectivity index (χ2n) is 3.87. The number of hydrogen-bond acceptors (Lipinski definition) is 5. The smallest absolute Gasteiger partial charge is 0.232 e. The average molecular weight is 293 g/mol. The number of anilines is 1. The molecule has 1 aromatic rings. The van der Waals surface area contributed by atoms with Crippen molar-refractivity contribution >= 4 is 25.5 Å². The predicted molar refractivity (Wildman–Crippen MR) is 68.9 cm³/mol. The summed E-state index contributed by atoms with van der Waals surface area (Å²) < 4.78 is 47.9. The Balaban J connectivity index is 3.18. The summed E-state index contributed by atoms with van der Waals surface area (Å²) in [6, 6.07) is 3.44. The van der Waals surface area contributed by atoms with E-state index in [4.69, 9.17) is 0 Å². The zero-order valence-corrected chi connectivity index (χ0v) is 11.7. The number of phenols is 1. The van der Waals surface area contributed by atoms with Gasteiger partial charge in [0.05, 0.1) is 16.3 Å². The Morgan fingerprint density at radius 3 is 2.33 bits per heavy atom. The molecule has 0 aliphatic carbocycles. The molecule has 0 heterocycles. The molecule has 1 aromatic carbocycles. The Labute approximate surface area is 107 Å². The van der Waals surface area contributed by atoms with Crippen LogP contribution in [0.3, 0.4) is 0 Å². The van der Waals surface area contributed by atoms with Crippen LogP contribution < -0.4 is 4.72 Å². The van der Waals surface area contributed by atoms with E-state index in [-0.39, 0.29) is 22.1 Å². The molecule has 0 saturated heterocycles. The topological polar surface area (TPSA) is 101 Å². The van der Waals surface area contributed by atoms with Gasteiger partial charge in [-0.15, -0.1) is 0 Å². The molecule has 0 amide bonds. The third kappa shape index (κ3) is 3.88. The number of rotatable bonds is 5. The van der Waals surface area contributed by atoms with E-state index in [9.17, 15) is 21.9 Å². The van der Waals surface area contributed by atoms with Crippen molar-refractivity contribution in [1.82, 2.24) is 0 Å². The molecular formula is C10H15NO5S2. The van der Waals surface area contributed by atoms with Gasteiger partial charge in [0.1, 0.15) is 5.75 Å². The van der Waals surface area contributed by atoms with Crippen LogP contribution in [-0.4, -0.2) is 34.0 Å². The van der Waals surface area contributed by atoms with Crippen LogP contribution in [0.1, 0.15) is 13.3 Å². The standard InChI is InChI=1S/C10H15NO5S2/c1-3-6-18(15,16)11-9-7-8(17(2,13)14)4-5-10(9)12/h4-5,7,11-12H,3,6H2,1-2H3. The molecule has 0 atom stereocenters. The van der Waals surface area contributed by atoms with E-state index in [1.807, 2.05) is 0 Å². The van der Waals surface area contributed by atoms with Crippen LogP contribution in [0.2, 0.25) is 0 Å². The first-order valence-corrected chi connectivity index (χ1v) is 8.73. The molecule has 8 heteroatoms. The number of sulfonamides is 1. The Hall–Kier alpha value is -1.28. The number of aromatic hydroxyl groups is 1. The maximum atomic E-state index is 11.5. The van der Waals surface area contributed by atoms with Crippen LogP contribution in [0.4, 0.5) is 5.69 Å². The van der Waals surface area contributed by atoms with E-state index >= 15 is 0 Å². The highest BCUT2D eigenvalue weighted by molar-refractivity contribution is 7.92. The first-order valence-electron chi connectivity index (χ1n) is 5.19. The Kier molecular flexibility index (Phi) is 4.23. The van der Waals surface area contributed by atoms with Crippen LogP contribution in [0, 0.1) is 0 Å². The minimum Gasteiger partial charge on any atom is -0.506 e. The van der Waals surface area contributed by atoms with E-state index in [0.29, 0.717) is 6.42 Å². The largest absolute Gasteiger partial charge is 0.506 e. The van der Waals surface area contributed by atoms with Gasteiger partial charge in [0.25, 0.3) is 0 Å². The van der Waals surface area contributed by atoms with Crippen LogP contribution in [-0.2, 0) is 19.9 Å². The molecule has 0 spiro atoms. The molecule has 0 bridgehead atoms. The Morgan fingerprint density at radius 1 is 1.22 bits per heavy atom. The summed E-state index contributed by atoms with van der Waals surface area (Å²) in [6.45, 7) is 1.70. The van der Waals surface area contributed by atoms with E-state index in [2.05, 4.69) is 4.72 Å². The van der Waals surface area contributed by atoms with Crippen molar-refractivity contribution in [3.63, 3.8) is 0 Å². The van der Waals surface area contributed by atoms with Crippen LogP contribution in [0.15, 0.2) is 23.1 Å². The van der Waals surface area contributed by atoms with Gasteiger partial charge in [0, 0.05) is 6.26 Å². The lowest BCUT2D eigenvalue weighted by molar-refractivity contribution is 0.477. The number of benzene rings is 1. The number of phenolic OH excluding ortho intramolecular Hbond substituents is 1. The highest BCUT2D eigenvalue weighted by atomic mass is 32.2. The van der Waals surface area contributed by atoms with Gasteiger partial charge in [-0.2, -0.15) is 0 Å². The summed E-state index contributed by atoms with van der Waals surface area (Å²) in [7, 11) is -7.03. The molecule has 18 heavy (non-hydrogen) atoms. The van der Waals surface area contributed by atoms with Gasteiger partial charge in [-0.25, -0.2) is 16.8 Å². The highest BCUT2D eigenvalue weighted by Gasteiger charge is 2.15. The molecule has 2 N–H and O–H groups in total. The second-order valence-corrected chi connectivity index (χ2v) is 7.73. The predicted octanol–water partition coefficient (Wildman–Crippen LogP) is 0.947. The lowest BCUT2D eigenvalue weighted by atomic mass is 10.3. The summed E-state index contributed by atoms with van der Waals surface area (Å²) in [4.78, 5) is -0.0606. The SMILES string of the molecule is CCCS(=O)(=O)Nc1cc(S(C)(=O)=O)ccc1O. The van der Waals surface area contributed by atoms with Crippen molar-refractivity contribution < 1.29 is 21.9 Å². The van der Waals surface area contributed by atoms with Gasteiger partial charge in [0.2, 0.25) is 10.0 Å². The van der Waals surface area contributed by atoms with Crippen molar-refractivity contribution in [3.8, 4) is 5.75 Å². The molecule has 102 valence electrons. The lowest BCUT2D eigenvalue weighted by Gasteiger charge is -2.10. The zero-order chi connectivity index (χ0) is 14.0. The van der Waals surface area contributed by atoms with Gasteiger partial charge < -0.3 is 5.11 Å². The summed E-state index contributed by atoms with van der Waals surface area (Å²) >= 11 is 0. The zero-order valence-electron chi connectivity index (χ0n) is 10.0. The normalized spacial score (nSPS) is 12.3. The summed E-state index contributed by atoms with van der Waals surface area (Å²) in [5.74, 6) is -0.419. The second kappa shape index (κ2) is 5.15. The maximum absolute atomic E-state index is 11.5. The number of nitrogens with one attached hydrogen (secondary N) is 1. The van der Waals surface area contributed by atoms with Crippen molar-refractivity contribution in [3.05, 3.63) is 18.2 Å². The minimum absolute atomic E-state index is 0.0606. The van der Waals surface area contributed by atoms with Crippen molar-refractivity contribution in [2.45, 2.75) is 18.2 Å². The van der Waals surface area contributed by atoms with Crippen molar-refractivity contribution in [2.75, 3.05) is 16.7 Å². The molecule has 0 aliphatic heterocycles. The molecule has 0 radical (unpaired) electrons. The Morgan fingerprint density at radius 2 is 1.83 bits per heavy atom. The molecule has 0 fully saturated rings. The molecule has 0 aliphatic rings. The van der Waals surface area contributed by atoms with Crippen LogP contribution in [0.5, 0.6) is 5.75 Å². The van der Waals surface area contributed by atoms with Crippen molar-refractivity contribution in [1.29, 1.82) is 0 Å². The van der Waals surface area contributed by atoms with Gasteiger partial charge in [-0.3, -0.25) is 4.72 Å². The fraction of sp³-hybridized carbons (Fsp3) is 0.400. The molecule has 6 nitrogen and oxygen atoms in total. The van der Waals surface area contributed by atoms with Gasteiger partial charge in [-0.05, 0) is 24.6 Å². The molecule has 0 unspecified atom stereocenters. The van der Waals surface area contributed by atoms with E-state index in [0.717, 1.165) is 18.4 Å². The average Bonchev–Trinajstić information content (AvgIpc) is 2.19. The minimum atomic E-state index is -3.57. The van der Waals surface area contributed by atoms with Crippen LogP contribution >= 0.6 is 0 Å². The summed E-state index contributed by atoms with van der Waals surface area (Å²) in [6.07, 6.45) is 1.42. The number of sulfone groups is 1. The number of hydrogen-bond donors (Lipinski definition) is 2. The first kappa shape index (κ1) is 14.8. The lowest BCUT2D eigenvalue weighted by Crippen LogP contribution is -2.16. The maximum Gasteiger partial charge on any atom is 0.232 e. The Bertz CT molecular complexity index is 634. The fourth-order valence-electron chi connectivity index (χ4n) is 1.31.